The zero-order valence-corrected chi connectivity index (χ0v) is 41.9. The van der Waals surface area contributed by atoms with Crippen LogP contribution in [0.3, 0.4) is 0 Å². The van der Waals surface area contributed by atoms with Crippen molar-refractivity contribution in [2.45, 2.75) is 22.1 Å². The fourth-order valence-corrected chi connectivity index (χ4v) is 11.2. The smallest absolute Gasteiger partial charge is 0.164 e. The predicted octanol–water partition coefficient (Wildman–Crippen LogP) is 16.7. The molecule has 0 amide bonds. The molecule has 0 atom stereocenters. The number of hydrogen-bond donors (Lipinski definition) is 0. The summed E-state index contributed by atoms with van der Waals surface area (Å²) in [5.74, 6) is 3.70. The van der Waals surface area contributed by atoms with Gasteiger partial charge >= 0.3 is 0 Å². The molecule has 7 heteroatoms. The Morgan fingerprint density at radius 2 is 0.707 bits per heavy atom. The zero-order valence-electron chi connectivity index (χ0n) is 41.1. The van der Waals surface area contributed by atoms with Crippen molar-refractivity contribution in [3.05, 3.63) is 296 Å². The van der Waals surface area contributed by atoms with Crippen LogP contribution in [0.15, 0.2) is 277 Å². The number of aromatic nitrogens is 6. The van der Waals surface area contributed by atoms with Crippen molar-refractivity contribution in [1.82, 2.24) is 29.9 Å². The Morgan fingerprint density at radius 3 is 1.16 bits per heavy atom. The number of fused-ring (bicyclic) bond motifs is 2. The highest BCUT2D eigenvalue weighted by atomic mass is 32.2. The standard InChI is InChI=1S/C68H48N6S/c1-3-4-8-23-46(2)62-69-63(47-24-9-5-10-25-47)72-66(70-62)54-34-19-30-50(42-54)52-32-21-36-56(44-52)68(58-38-15-17-40-60(58)75-61-41-18-16-39-59(61)68)57-37-22-33-53(45-57)51-31-20-35-55(43-51)67-73-64(48-26-11-6-12-27-48)71-65(74-67)49-28-13-7-14-29-49/h3-45H,1H2,2H3/b8-4-,46-23+. The molecule has 356 valence electrons. The molecule has 1 aliphatic rings. The quantitative estimate of drug-likeness (QED) is 0.113. The van der Waals surface area contributed by atoms with Gasteiger partial charge in [-0.2, -0.15) is 0 Å². The number of nitrogens with zero attached hydrogens (tertiary/aromatic N) is 6. The van der Waals surface area contributed by atoms with E-state index in [1.807, 2.05) is 128 Å². The van der Waals surface area contributed by atoms with E-state index >= 15 is 0 Å². The summed E-state index contributed by atoms with van der Waals surface area (Å²) in [7, 11) is 0. The largest absolute Gasteiger partial charge is 0.209 e. The van der Waals surface area contributed by atoms with E-state index < -0.39 is 5.41 Å². The summed E-state index contributed by atoms with van der Waals surface area (Å²) in [5.41, 5.74) is 13.9. The summed E-state index contributed by atoms with van der Waals surface area (Å²) in [6, 6.07) is 83.3. The molecule has 11 aromatic rings. The second-order valence-corrected chi connectivity index (χ2v) is 19.4. The van der Waals surface area contributed by atoms with E-state index in [-0.39, 0.29) is 0 Å². The molecule has 0 spiro atoms. The van der Waals surface area contributed by atoms with E-state index in [1.165, 1.54) is 20.9 Å². The highest BCUT2D eigenvalue weighted by Crippen LogP contribution is 2.56. The lowest BCUT2D eigenvalue weighted by atomic mass is 9.64. The summed E-state index contributed by atoms with van der Waals surface area (Å²) in [6.07, 6.45) is 7.60. The van der Waals surface area contributed by atoms with Gasteiger partial charge in [0.25, 0.3) is 0 Å². The molecular formula is C68H48N6S. The molecule has 0 aliphatic carbocycles. The van der Waals surface area contributed by atoms with Crippen LogP contribution in [0.5, 0.6) is 0 Å². The molecule has 0 bridgehead atoms. The molecule has 0 radical (unpaired) electrons. The Morgan fingerprint density at radius 1 is 0.360 bits per heavy atom. The van der Waals surface area contributed by atoms with Gasteiger partial charge in [0.2, 0.25) is 0 Å². The van der Waals surface area contributed by atoms with Gasteiger partial charge in [-0.3, -0.25) is 0 Å². The van der Waals surface area contributed by atoms with Crippen LogP contribution in [0.1, 0.15) is 35.0 Å². The van der Waals surface area contributed by atoms with Gasteiger partial charge in [-0.1, -0.05) is 243 Å². The van der Waals surface area contributed by atoms with E-state index in [0.717, 1.165) is 66.8 Å². The Balaban J connectivity index is 0.989. The predicted molar refractivity (Wildman–Crippen MR) is 307 cm³/mol. The molecule has 3 heterocycles. The first-order chi connectivity index (χ1) is 37.0. The van der Waals surface area contributed by atoms with Crippen LogP contribution in [-0.2, 0) is 5.41 Å². The highest BCUT2D eigenvalue weighted by Gasteiger charge is 2.44. The van der Waals surface area contributed by atoms with Gasteiger partial charge in [0.1, 0.15) is 0 Å². The topological polar surface area (TPSA) is 77.3 Å². The van der Waals surface area contributed by atoms with Crippen LogP contribution in [0, 0.1) is 0 Å². The lowest BCUT2D eigenvalue weighted by Crippen LogP contribution is -2.34. The zero-order chi connectivity index (χ0) is 50.6. The maximum atomic E-state index is 5.08. The summed E-state index contributed by atoms with van der Waals surface area (Å²) in [5, 5.41) is 0. The molecule has 12 rings (SSSR count). The van der Waals surface area contributed by atoms with E-state index in [4.69, 9.17) is 29.9 Å². The van der Waals surface area contributed by atoms with Crippen molar-refractivity contribution in [2.24, 2.45) is 0 Å². The second-order valence-electron chi connectivity index (χ2n) is 18.3. The van der Waals surface area contributed by atoms with Crippen molar-refractivity contribution < 1.29 is 0 Å². The molecule has 9 aromatic carbocycles. The summed E-state index contributed by atoms with van der Waals surface area (Å²) >= 11 is 1.83. The lowest BCUT2D eigenvalue weighted by Gasteiger charge is -2.42. The highest BCUT2D eigenvalue weighted by molar-refractivity contribution is 7.99. The lowest BCUT2D eigenvalue weighted by molar-refractivity contribution is 0.703. The molecule has 0 saturated carbocycles. The third-order valence-electron chi connectivity index (χ3n) is 13.6. The molecule has 0 N–H and O–H groups in total. The van der Waals surface area contributed by atoms with Gasteiger partial charge in [-0.25, -0.2) is 29.9 Å². The monoisotopic (exact) mass is 980 g/mol. The van der Waals surface area contributed by atoms with Gasteiger partial charge in [0.15, 0.2) is 34.9 Å². The Labute approximate surface area is 441 Å². The Kier molecular flexibility index (Phi) is 12.8. The van der Waals surface area contributed by atoms with E-state index in [2.05, 4.69) is 152 Å². The molecule has 6 nitrogen and oxygen atoms in total. The first kappa shape index (κ1) is 46.6. The van der Waals surface area contributed by atoms with Gasteiger partial charge < -0.3 is 0 Å². The molecule has 0 fully saturated rings. The molecule has 75 heavy (non-hydrogen) atoms. The number of rotatable bonds is 12. The summed E-state index contributed by atoms with van der Waals surface area (Å²) in [4.78, 5) is 32.6. The first-order valence-corrected chi connectivity index (χ1v) is 25.8. The first-order valence-electron chi connectivity index (χ1n) is 25.0. The average Bonchev–Trinajstić information content (AvgIpc) is 3.56. The maximum absolute atomic E-state index is 5.08. The SMILES string of the molecule is C=C/C=C\C=C(/C)c1nc(-c2ccccc2)nc(-c2cccc(-c3cccc(C4(c5cccc(-c6cccc(-c7nc(-c8ccccc8)nc(-c8ccccc8)n7)c6)c5)c5ccccc5Sc5ccccc54)c3)c2)n1. The van der Waals surface area contributed by atoms with Crippen molar-refractivity contribution in [3.8, 4) is 79.2 Å². The van der Waals surface area contributed by atoms with Crippen molar-refractivity contribution >= 4 is 17.3 Å². The minimum absolute atomic E-state index is 0.602. The van der Waals surface area contributed by atoms with E-state index in [1.54, 1.807) is 6.08 Å². The van der Waals surface area contributed by atoms with Gasteiger partial charge in [0.05, 0.1) is 5.41 Å². The fraction of sp³-hybridized carbons (Fsp3) is 0.0294. The minimum Gasteiger partial charge on any atom is -0.209 e. The molecule has 2 aromatic heterocycles. The third-order valence-corrected chi connectivity index (χ3v) is 14.8. The third kappa shape index (κ3) is 9.22. The van der Waals surface area contributed by atoms with E-state index in [0.29, 0.717) is 34.9 Å². The molecule has 0 saturated heterocycles. The maximum Gasteiger partial charge on any atom is 0.164 e. The fourth-order valence-electron chi connectivity index (χ4n) is 10.0. The Bertz CT molecular complexity index is 3860. The molecule has 0 unspecified atom stereocenters. The number of hydrogen-bond acceptors (Lipinski definition) is 7. The normalized spacial score (nSPS) is 12.7. The molecule has 1 aliphatic heterocycles. The average molecular weight is 981 g/mol. The van der Waals surface area contributed by atoms with Crippen LogP contribution < -0.4 is 0 Å². The van der Waals surface area contributed by atoms with Gasteiger partial charge in [-0.05, 0) is 93.4 Å². The summed E-state index contributed by atoms with van der Waals surface area (Å²) < 4.78 is 0. The van der Waals surface area contributed by atoms with Crippen LogP contribution in [-0.4, -0.2) is 29.9 Å². The van der Waals surface area contributed by atoms with E-state index in [9.17, 15) is 0 Å². The van der Waals surface area contributed by atoms with Crippen LogP contribution in [0.2, 0.25) is 0 Å². The van der Waals surface area contributed by atoms with Crippen molar-refractivity contribution in [2.75, 3.05) is 0 Å². The van der Waals surface area contributed by atoms with Crippen molar-refractivity contribution in [3.63, 3.8) is 0 Å². The van der Waals surface area contributed by atoms with Crippen LogP contribution >= 0.6 is 11.8 Å². The second kappa shape index (κ2) is 20.6. The van der Waals surface area contributed by atoms with Crippen LogP contribution in [0.4, 0.5) is 0 Å². The number of allylic oxidation sites excluding steroid dienone is 5. The molecular weight excluding hydrogens is 933 g/mol. The number of benzene rings is 9. The summed E-state index contributed by atoms with van der Waals surface area (Å²) in [6.45, 7) is 5.84. The van der Waals surface area contributed by atoms with Crippen LogP contribution in [0.25, 0.3) is 84.8 Å². The van der Waals surface area contributed by atoms with Gasteiger partial charge in [-0.15, -0.1) is 0 Å². The van der Waals surface area contributed by atoms with Gasteiger partial charge in [0, 0.05) is 37.6 Å². The minimum atomic E-state index is -0.694. The Hall–Kier alpha value is -9.43. The van der Waals surface area contributed by atoms with Crippen molar-refractivity contribution in [1.29, 1.82) is 0 Å².